The Labute approximate surface area is 113 Å². The highest BCUT2D eigenvalue weighted by Crippen LogP contribution is 2.31. The molecular weight excluding hydrogens is 240 g/mol. The molecule has 4 heteroatoms. The number of rotatable bonds is 5. The average Bonchev–Trinajstić information content (AvgIpc) is 2.87. The Kier molecular flexibility index (Phi) is 4.22. The van der Waals surface area contributed by atoms with Gasteiger partial charge in [0.25, 0.3) is 0 Å². The molecule has 0 amide bonds. The Morgan fingerprint density at radius 2 is 2.11 bits per heavy atom. The molecule has 0 saturated heterocycles. The van der Waals surface area contributed by atoms with Gasteiger partial charge in [0.15, 0.2) is 0 Å². The number of methoxy groups -OCH3 is 1. The van der Waals surface area contributed by atoms with Gasteiger partial charge in [-0.3, -0.25) is 4.68 Å². The van der Waals surface area contributed by atoms with Crippen LogP contribution in [0.25, 0.3) is 11.1 Å². The lowest BCUT2D eigenvalue weighted by atomic mass is 9.97. The van der Waals surface area contributed by atoms with Crippen LogP contribution in [0.15, 0.2) is 30.6 Å². The summed E-state index contributed by atoms with van der Waals surface area (Å²) in [5.41, 5.74) is 3.36. The second kappa shape index (κ2) is 5.89. The predicted molar refractivity (Wildman–Crippen MR) is 75.4 cm³/mol. The zero-order chi connectivity index (χ0) is 13.8. The quantitative estimate of drug-likeness (QED) is 0.899. The van der Waals surface area contributed by atoms with Gasteiger partial charge in [0, 0.05) is 11.8 Å². The summed E-state index contributed by atoms with van der Waals surface area (Å²) in [4.78, 5) is 0. The Morgan fingerprint density at radius 1 is 1.32 bits per heavy atom. The first kappa shape index (κ1) is 13.6. The molecular formula is C15H20N2O2. The maximum Gasteiger partial charge on any atom is 0.122 e. The first-order chi connectivity index (χ1) is 9.15. The summed E-state index contributed by atoms with van der Waals surface area (Å²) in [7, 11) is 1.69. The summed E-state index contributed by atoms with van der Waals surface area (Å²) in [6.07, 6.45) is 3.77. The zero-order valence-electron chi connectivity index (χ0n) is 11.6. The van der Waals surface area contributed by atoms with Gasteiger partial charge in [-0.05, 0) is 29.2 Å². The summed E-state index contributed by atoms with van der Waals surface area (Å²) in [6.45, 7) is 4.92. The monoisotopic (exact) mass is 260 g/mol. The van der Waals surface area contributed by atoms with Gasteiger partial charge in [0.2, 0.25) is 0 Å². The average molecular weight is 260 g/mol. The minimum atomic E-state index is 0.0982. The predicted octanol–water partition coefficient (Wildman–Crippen LogP) is 2.67. The lowest BCUT2D eigenvalue weighted by Gasteiger charge is -2.13. The number of aliphatic hydroxyl groups excluding tert-OH is 1. The van der Waals surface area contributed by atoms with E-state index in [2.05, 4.69) is 25.0 Å². The molecule has 102 valence electrons. The van der Waals surface area contributed by atoms with Crippen LogP contribution in [0.5, 0.6) is 5.75 Å². The lowest BCUT2D eigenvalue weighted by Crippen LogP contribution is -2.01. The largest absolute Gasteiger partial charge is 0.496 e. The minimum absolute atomic E-state index is 0.0982. The molecule has 0 aliphatic carbocycles. The molecule has 4 nitrogen and oxygen atoms in total. The van der Waals surface area contributed by atoms with Crippen LogP contribution in [-0.2, 0) is 6.54 Å². The van der Waals surface area contributed by atoms with Crippen LogP contribution in [-0.4, -0.2) is 28.6 Å². The fourth-order valence-electron chi connectivity index (χ4n) is 2.10. The summed E-state index contributed by atoms with van der Waals surface area (Å²) >= 11 is 0. The molecule has 1 heterocycles. The molecule has 0 aliphatic heterocycles. The molecule has 0 unspecified atom stereocenters. The van der Waals surface area contributed by atoms with Gasteiger partial charge < -0.3 is 9.84 Å². The van der Waals surface area contributed by atoms with Crippen molar-refractivity contribution in [3.63, 3.8) is 0 Å². The van der Waals surface area contributed by atoms with E-state index < -0.39 is 0 Å². The fraction of sp³-hybridized carbons (Fsp3) is 0.400. The highest BCUT2D eigenvalue weighted by atomic mass is 16.5. The number of aliphatic hydroxyl groups is 1. The molecule has 1 N–H and O–H groups in total. The molecule has 2 aromatic rings. The second-order valence-electron chi connectivity index (χ2n) is 4.83. The number of nitrogens with zero attached hydrogens (tertiary/aromatic N) is 2. The van der Waals surface area contributed by atoms with Crippen molar-refractivity contribution in [2.75, 3.05) is 13.7 Å². The van der Waals surface area contributed by atoms with Crippen molar-refractivity contribution in [2.24, 2.45) is 0 Å². The molecule has 1 aromatic heterocycles. The van der Waals surface area contributed by atoms with Gasteiger partial charge in [-0.1, -0.05) is 19.9 Å². The van der Waals surface area contributed by atoms with E-state index >= 15 is 0 Å². The maximum absolute atomic E-state index is 8.91. The highest BCUT2D eigenvalue weighted by molar-refractivity contribution is 5.64. The molecule has 19 heavy (non-hydrogen) atoms. The molecule has 0 radical (unpaired) electrons. The molecule has 0 atom stereocenters. The van der Waals surface area contributed by atoms with E-state index in [0.29, 0.717) is 12.5 Å². The number of ether oxygens (including phenoxy) is 1. The smallest absolute Gasteiger partial charge is 0.122 e. The third-order valence-electron chi connectivity index (χ3n) is 3.15. The van der Waals surface area contributed by atoms with Gasteiger partial charge in [-0.25, -0.2) is 0 Å². The van der Waals surface area contributed by atoms with Crippen LogP contribution in [0, 0.1) is 0 Å². The summed E-state index contributed by atoms with van der Waals surface area (Å²) < 4.78 is 7.13. The summed E-state index contributed by atoms with van der Waals surface area (Å²) in [5.74, 6) is 1.32. The molecule has 0 bridgehead atoms. The molecule has 0 saturated carbocycles. The molecule has 0 aliphatic rings. The molecule has 2 rings (SSSR count). The fourth-order valence-corrected chi connectivity index (χ4v) is 2.10. The summed E-state index contributed by atoms with van der Waals surface area (Å²) in [6, 6.07) is 6.17. The number of hydrogen-bond acceptors (Lipinski definition) is 3. The van der Waals surface area contributed by atoms with Crippen molar-refractivity contribution >= 4 is 0 Å². The van der Waals surface area contributed by atoms with Crippen molar-refractivity contribution < 1.29 is 9.84 Å². The SMILES string of the molecule is COc1ccc(-c2cnn(CCO)c2)cc1C(C)C. The van der Waals surface area contributed by atoms with Gasteiger partial charge >= 0.3 is 0 Å². The molecule has 1 aromatic carbocycles. The first-order valence-electron chi connectivity index (χ1n) is 6.47. The topological polar surface area (TPSA) is 47.3 Å². The molecule has 0 fully saturated rings. The van der Waals surface area contributed by atoms with Crippen molar-refractivity contribution in [1.29, 1.82) is 0 Å². The first-order valence-corrected chi connectivity index (χ1v) is 6.47. The third-order valence-corrected chi connectivity index (χ3v) is 3.15. The summed E-state index contributed by atoms with van der Waals surface area (Å²) in [5, 5.41) is 13.1. The van der Waals surface area contributed by atoms with Crippen LogP contribution < -0.4 is 4.74 Å². The van der Waals surface area contributed by atoms with Crippen LogP contribution in [0.2, 0.25) is 0 Å². The maximum atomic E-state index is 8.91. The van der Waals surface area contributed by atoms with Crippen molar-refractivity contribution in [1.82, 2.24) is 9.78 Å². The van der Waals surface area contributed by atoms with E-state index in [0.717, 1.165) is 16.9 Å². The minimum Gasteiger partial charge on any atom is -0.496 e. The number of aromatic nitrogens is 2. The van der Waals surface area contributed by atoms with E-state index in [1.807, 2.05) is 24.5 Å². The lowest BCUT2D eigenvalue weighted by molar-refractivity contribution is 0.269. The number of hydrogen-bond donors (Lipinski definition) is 1. The van der Waals surface area contributed by atoms with Gasteiger partial charge in [0.05, 0.1) is 26.5 Å². The van der Waals surface area contributed by atoms with Crippen LogP contribution in [0.4, 0.5) is 0 Å². The standard InChI is InChI=1S/C15H20N2O2/c1-11(2)14-8-12(4-5-15(14)19-3)13-9-16-17(10-13)6-7-18/h4-5,8-11,18H,6-7H2,1-3H3. The van der Waals surface area contributed by atoms with Crippen molar-refractivity contribution in [3.05, 3.63) is 36.2 Å². The normalized spacial score (nSPS) is 11.0. The van der Waals surface area contributed by atoms with E-state index in [1.165, 1.54) is 5.56 Å². The van der Waals surface area contributed by atoms with Crippen molar-refractivity contribution in [2.45, 2.75) is 26.3 Å². The van der Waals surface area contributed by atoms with E-state index in [1.54, 1.807) is 11.8 Å². The van der Waals surface area contributed by atoms with E-state index in [-0.39, 0.29) is 6.61 Å². The van der Waals surface area contributed by atoms with Gasteiger partial charge in [-0.2, -0.15) is 5.10 Å². The molecule has 0 spiro atoms. The Hall–Kier alpha value is -1.81. The van der Waals surface area contributed by atoms with E-state index in [4.69, 9.17) is 9.84 Å². The second-order valence-corrected chi connectivity index (χ2v) is 4.83. The van der Waals surface area contributed by atoms with E-state index in [9.17, 15) is 0 Å². The van der Waals surface area contributed by atoms with Gasteiger partial charge in [0.1, 0.15) is 5.75 Å². The highest BCUT2D eigenvalue weighted by Gasteiger charge is 2.10. The van der Waals surface area contributed by atoms with Crippen LogP contribution in [0.3, 0.4) is 0 Å². The van der Waals surface area contributed by atoms with Crippen LogP contribution >= 0.6 is 0 Å². The zero-order valence-corrected chi connectivity index (χ0v) is 11.6. The number of benzene rings is 1. The Morgan fingerprint density at radius 3 is 2.74 bits per heavy atom. The third kappa shape index (κ3) is 2.96. The Balaban J connectivity index is 2.36. The van der Waals surface area contributed by atoms with Gasteiger partial charge in [-0.15, -0.1) is 0 Å². The van der Waals surface area contributed by atoms with Crippen molar-refractivity contribution in [3.8, 4) is 16.9 Å². The van der Waals surface area contributed by atoms with Crippen LogP contribution in [0.1, 0.15) is 25.3 Å². The Bertz CT molecular complexity index is 547.